The molecule has 32 heavy (non-hydrogen) atoms. The second-order valence-electron chi connectivity index (χ2n) is 8.23. The van der Waals surface area contributed by atoms with Gasteiger partial charge in [-0.1, -0.05) is 67.6 Å². The summed E-state index contributed by atoms with van der Waals surface area (Å²) in [7, 11) is 0. The van der Waals surface area contributed by atoms with Crippen LogP contribution >= 0.6 is 0 Å². The first-order valence-corrected chi connectivity index (χ1v) is 11.1. The van der Waals surface area contributed by atoms with Gasteiger partial charge in [-0.2, -0.15) is 0 Å². The van der Waals surface area contributed by atoms with Gasteiger partial charge < -0.3 is 4.90 Å². The van der Waals surface area contributed by atoms with E-state index in [9.17, 15) is 9.59 Å². The molecule has 0 saturated carbocycles. The Morgan fingerprint density at radius 1 is 0.875 bits per heavy atom. The molecule has 160 valence electrons. The molecule has 0 saturated heterocycles. The van der Waals surface area contributed by atoms with Crippen LogP contribution < -0.4 is 10.5 Å². The summed E-state index contributed by atoms with van der Waals surface area (Å²) in [6.07, 6.45) is 1.28. The fourth-order valence-corrected chi connectivity index (χ4v) is 4.60. The third-order valence-electron chi connectivity index (χ3n) is 6.13. The number of hydrogen-bond acceptors (Lipinski definition) is 3. The van der Waals surface area contributed by atoms with Crippen LogP contribution in [0.15, 0.2) is 83.7 Å². The summed E-state index contributed by atoms with van der Waals surface area (Å²) in [5, 5.41) is 0.595. The van der Waals surface area contributed by atoms with Gasteiger partial charge >= 0.3 is 0 Å². The van der Waals surface area contributed by atoms with Crippen LogP contribution in [-0.2, 0) is 17.8 Å². The number of carbonyl (C=O) groups is 1. The van der Waals surface area contributed by atoms with Crippen molar-refractivity contribution >= 4 is 22.5 Å². The zero-order valence-corrected chi connectivity index (χ0v) is 18.1. The fraction of sp³-hybridized carbons (Fsp3) is 0.222. The minimum Gasteiger partial charge on any atom is -0.312 e. The van der Waals surface area contributed by atoms with E-state index < -0.39 is 0 Å². The average Bonchev–Trinajstić information content (AvgIpc) is 3.08. The second-order valence-corrected chi connectivity index (χ2v) is 8.23. The third-order valence-corrected chi connectivity index (χ3v) is 6.13. The first kappa shape index (κ1) is 20.2. The van der Waals surface area contributed by atoms with E-state index in [0.717, 1.165) is 23.2 Å². The molecule has 0 fully saturated rings. The van der Waals surface area contributed by atoms with Crippen LogP contribution in [0.5, 0.6) is 0 Å². The predicted molar refractivity (Wildman–Crippen MR) is 127 cm³/mol. The van der Waals surface area contributed by atoms with Crippen LogP contribution in [0.4, 0.5) is 5.69 Å². The van der Waals surface area contributed by atoms with E-state index in [4.69, 9.17) is 4.98 Å². The van der Waals surface area contributed by atoms with Gasteiger partial charge in [0.2, 0.25) is 5.91 Å². The van der Waals surface area contributed by atoms with Crippen molar-refractivity contribution in [3.8, 4) is 0 Å². The molecule has 0 unspecified atom stereocenters. The van der Waals surface area contributed by atoms with Crippen LogP contribution in [0.2, 0.25) is 0 Å². The Morgan fingerprint density at radius 3 is 2.41 bits per heavy atom. The zero-order chi connectivity index (χ0) is 22.1. The number of rotatable bonds is 6. The molecule has 1 aliphatic rings. The van der Waals surface area contributed by atoms with Crippen molar-refractivity contribution in [3.63, 3.8) is 0 Å². The van der Waals surface area contributed by atoms with Crippen molar-refractivity contribution in [1.82, 2.24) is 9.55 Å². The standard InChI is InChI=1S/C27H25N3O2/c1-2-16-29-24-15-9-7-12-20(24)22(27(29)32)17-25-28-23-14-8-6-13-21(23)26(31)30(25)18-19-10-4-3-5-11-19/h3-15,22H,2,16-18H2,1H3/t22-/m1/s1. The summed E-state index contributed by atoms with van der Waals surface area (Å²) in [6.45, 7) is 3.19. The van der Waals surface area contributed by atoms with Gasteiger partial charge in [0.25, 0.3) is 5.56 Å². The Labute approximate surface area is 187 Å². The number of hydrogen-bond donors (Lipinski definition) is 0. The van der Waals surface area contributed by atoms with Crippen molar-refractivity contribution in [2.75, 3.05) is 11.4 Å². The SMILES string of the molecule is CCCN1C(=O)[C@H](Cc2nc3ccccc3c(=O)n2Cc2ccccc2)c2ccccc21. The highest BCUT2D eigenvalue weighted by molar-refractivity contribution is 6.05. The molecule has 5 rings (SSSR count). The molecule has 4 aromatic rings. The number of benzene rings is 3. The van der Waals surface area contributed by atoms with Crippen LogP contribution in [0.3, 0.4) is 0 Å². The minimum absolute atomic E-state index is 0.0707. The van der Waals surface area contributed by atoms with Crippen LogP contribution in [0.25, 0.3) is 10.9 Å². The molecule has 1 aliphatic heterocycles. The molecule has 3 aromatic carbocycles. The molecule has 0 N–H and O–H groups in total. The van der Waals surface area contributed by atoms with E-state index in [0.29, 0.717) is 36.2 Å². The first-order valence-electron chi connectivity index (χ1n) is 11.1. The monoisotopic (exact) mass is 423 g/mol. The van der Waals surface area contributed by atoms with Gasteiger partial charge in [-0.25, -0.2) is 4.98 Å². The molecular formula is C27H25N3O2. The molecule has 5 heteroatoms. The smallest absolute Gasteiger partial charge is 0.261 e. The largest absolute Gasteiger partial charge is 0.312 e. The summed E-state index contributed by atoms with van der Waals surface area (Å²) < 4.78 is 1.73. The van der Waals surface area contributed by atoms with E-state index in [1.807, 2.05) is 83.8 Å². The highest BCUT2D eigenvalue weighted by atomic mass is 16.2. The van der Waals surface area contributed by atoms with Crippen molar-refractivity contribution in [2.24, 2.45) is 0 Å². The number of amides is 1. The first-order chi connectivity index (χ1) is 15.7. The zero-order valence-electron chi connectivity index (χ0n) is 18.1. The Kier molecular flexibility index (Phi) is 5.31. The maximum atomic E-state index is 13.4. The molecule has 0 aliphatic carbocycles. The second kappa shape index (κ2) is 8.42. The lowest BCUT2D eigenvalue weighted by Crippen LogP contribution is -2.32. The van der Waals surface area contributed by atoms with E-state index in [2.05, 4.69) is 6.92 Å². The number of aromatic nitrogens is 2. The number of para-hydroxylation sites is 2. The summed E-state index contributed by atoms with van der Waals surface area (Å²) in [5.41, 5.74) is 3.61. The highest BCUT2D eigenvalue weighted by Crippen LogP contribution is 2.39. The number of anilines is 1. The Bertz CT molecular complexity index is 1340. The summed E-state index contributed by atoms with van der Waals surface area (Å²) in [5.74, 6) is 0.388. The summed E-state index contributed by atoms with van der Waals surface area (Å²) in [4.78, 5) is 33.6. The predicted octanol–water partition coefficient (Wildman–Crippen LogP) is 4.53. The lowest BCUT2D eigenvalue weighted by Gasteiger charge is -2.18. The van der Waals surface area contributed by atoms with E-state index in [1.54, 1.807) is 4.57 Å². The van der Waals surface area contributed by atoms with Crippen molar-refractivity contribution in [1.29, 1.82) is 0 Å². The molecular weight excluding hydrogens is 398 g/mol. The van der Waals surface area contributed by atoms with Crippen molar-refractivity contribution in [3.05, 3.63) is 106 Å². The van der Waals surface area contributed by atoms with E-state index in [-0.39, 0.29) is 17.4 Å². The van der Waals surface area contributed by atoms with Crippen LogP contribution in [0, 0.1) is 0 Å². The van der Waals surface area contributed by atoms with Gasteiger partial charge in [-0.05, 0) is 35.7 Å². The number of carbonyl (C=O) groups excluding carboxylic acids is 1. The molecule has 5 nitrogen and oxygen atoms in total. The Morgan fingerprint density at radius 2 is 1.59 bits per heavy atom. The summed E-state index contributed by atoms with van der Waals surface area (Å²) >= 11 is 0. The lowest BCUT2D eigenvalue weighted by atomic mass is 9.96. The molecule has 0 spiro atoms. The molecule has 1 amide bonds. The number of nitrogens with zero attached hydrogens (tertiary/aromatic N) is 3. The van der Waals surface area contributed by atoms with Gasteiger partial charge in [-0.15, -0.1) is 0 Å². The highest BCUT2D eigenvalue weighted by Gasteiger charge is 2.37. The maximum Gasteiger partial charge on any atom is 0.261 e. The minimum atomic E-state index is -0.340. The summed E-state index contributed by atoms with van der Waals surface area (Å²) in [6, 6.07) is 25.3. The van der Waals surface area contributed by atoms with Gasteiger partial charge in [-0.3, -0.25) is 14.2 Å². The number of fused-ring (bicyclic) bond motifs is 2. The molecule has 0 bridgehead atoms. The van der Waals surface area contributed by atoms with Crippen LogP contribution in [-0.4, -0.2) is 22.0 Å². The third kappa shape index (κ3) is 3.50. The molecule has 0 radical (unpaired) electrons. The lowest BCUT2D eigenvalue weighted by molar-refractivity contribution is -0.119. The Hall–Kier alpha value is -3.73. The van der Waals surface area contributed by atoms with Crippen molar-refractivity contribution in [2.45, 2.75) is 32.2 Å². The van der Waals surface area contributed by atoms with Crippen molar-refractivity contribution < 1.29 is 4.79 Å². The van der Waals surface area contributed by atoms with Gasteiger partial charge in [0.1, 0.15) is 5.82 Å². The van der Waals surface area contributed by atoms with Crippen LogP contribution in [0.1, 0.15) is 36.2 Å². The van der Waals surface area contributed by atoms with Gasteiger partial charge in [0, 0.05) is 18.7 Å². The fourth-order valence-electron chi connectivity index (χ4n) is 4.60. The average molecular weight is 424 g/mol. The Balaban J connectivity index is 1.62. The van der Waals surface area contributed by atoms with E-state index in [1.165, 1.54) is 0 Å². The van der Waals surface area contributed by atoms with E-state index >= 15 is 0 Å². The van der Waals surface area contributed by atoms with Gasteiger partial charge in [0.15, 0.2) is 0 Å². The topological polar surface area (TPSA) is 55.2 Å². The molecule has 1 aromatic heterocycles. The maximum absolute atomic E-state index is 13.4. The van der Waals surface area contributed by atoms with Gasteiger partial charge in [0.05, 0.1) is 23.4 Å². The molecule has 2 heterocycles. The quantitative estimate of drug-likeness (QED) is 0.458. The molecule has 1 atom stereocenters. The normalized spacial score (nSPS) is 15.3.